The van der Waals surface area contributed by atoms with Crippen LogP contribution in [0.2, 0.25) is 0 Å². The number of alkyl carbamates (subject to hydrolysis) is 1. The SMILES string of the molecule is C=CC(=O)OCCOC(=O)NCC1(C)CC(NC(C)=O)CC(C)(C)C1.C=CC(=O)OCCOC(=O)Nc1cccc(NC(C)=O)c1.CC. The monoisotopic (exact) mass is 676 g/mol. The van der Waals surface area contributed by atoms with Gasteiger partial charge in [-0.15, -0.1) is 0 Å². The summed E-state index contributed by atoms with van der Waals surface area (Å²) in [6.45, 7) is 20.2. The van der Waals surface area contributed by atoms with Crippen molar-refractivity contribution < 1.29 is 47.7 Å². The fraction of sp³-hybridized carbons (Fsp3) is 0.529. The maximum atomic E-state index is 11.8. The first-order valence-electron chi connectivity index (χ1n) is 15.6. The highest BCUT2D eigenvalue weighted by molar-refractivity contribution is 5.91. The number of hydrogen-bond acceptors (Lipinski definition) is 10. The van der Waals surface area contributed by atoms with Crippen LogP contribution in [-0.2, 0) is 38.1 Å². The van der Waals surface area contributed by atoms with Crippen LogP contribution in [0.4, 0.5) is 21.0 Å². The number of amides is 4. The normalized spacial score (nSPS) is 17.1. The highest BCUT2D eigenvalue weighted by atomic mass is 16.6. The van der Waals surface area contributed by atoms with Crippen molar-refractivity contribution in [1.29, 1.82) is 0 Å². The number of carbonyl (C=O) groups is 6. The number of ether oxygens (including phenoxy) is 4. The van der Waals surface area contributed by atoms with Gasteiger partial charge in [0.2, 0.25) is 11.8 Å². The molecule has 2 atom stereocenters. The molecule has 2 rings (SSSR count). The van der Waals surface area contributed by atoms with E-state index >= 15 is 0 Å². The number of nitrogens with one attached hydrogen (secondary N) is 4. The number of rotatable bonds is 13. The summed E-state index contributed by atoms with van der Waals surface area (Å²) in [6, 6.07) is 6.69. The third-order valence-electron chi connectivity index (χ3n) is 6.39. The van der Waals surface area contributed by atoms with Gasteiger partial charge in [-0.05, 0) is 48.3 Å². The Morgan fingerprint density at radius 2 is 1.27 bits per heavy atom. The molecule has 1 aliphatic rings. The summed E-state index contributed by atoms with van der Waals surface area (Å²) in [5, 5.41) is 10.8. The molecular formula is C34H52N4O10. The van der Waals surface area contributed by atoms with Gasteiger partial charge < -0.3 is 34.9 Å². The van der Waals surface area contributed by atoms with Crippen LogP contribution in [0.3, 0.4) is 0 Å². The Kier molecular flexibility index (Phi) is 20.3. The molecule has 268 valence electrons. The molecule has 0 aliphatic heterocycles. The third-order valence-corrected chi connectivity index (χ3v) is 6.39. The molecule has 0 aromatic heterocycles. The van der Waals surface area contributed by atoms with Gasteiger partial charge in [-0.3, -0.25) is 14.9 Å². The minimum atomic E-state index is -0.690. The molecule has 0 bridgehead atoms. The Balaban J connectivity index is 0.000000887. The van der Waals surface area contributed by atoms with Crippen molar-refractivity contribution in [1.82, 2.24) is 10.6 Å². The lowest BCUT2D eigenvalue weighted by atomic mass is 9.62. The van der Waals surface area contributed by atoms with Crippen molar-refractivity contribution in [2.24, 2.45) is 10.8 Å². The van der Waals surface area contributed by atoms with Crippen LogP contribution >= 0.6 is 0 Å². The van der Waals surface area contributed by atoms with Gasteiger partial charge in [0.1, 0.15) is 26.4 Å². The van der Waals surface area contributed by atoms with Crippen molar-refractivity contribution in [2.75, 3.05) is 43.6 Å². The van der Waals surface area contributed by atoms with Crippen LogP contribution in [0.5, 0.6) is 0 Å². The zero-order chi connectivity index (χ0) is 36.8. The molecule has 0 radical (unpaired) electrons. The van der Waals surface area contributed by atoms with Gasteiger partial charge in [-0.1, -0.05) is 53.8 Å². The molecule has 1 fully saturated rings. The van der Waals surface area contributed by atoms with E-state index in [4.69, 9.17) is 14.2 Å². The lowest BCUT2D eigenvalue weighted by Crippen LogP contribution is -2.50. The van der Waals surface area contributed by atoms with E-state index in [0.29, 0.717) is 17.9 Å². The van der Waals surface area contributed by atoms with Crippen LogP contribution in [-0.4, -0.2) is 75.0 Å². The van der Waals surface area contributed by atoms with Crippen LogP contribution in [0.25, 0.3) is 0 Å². The molecule has 4 amide bonds. The summed E-state index contributed by atoms with van der Waals surface area (Å²) >= 11 is 0. The lowest BCUT2D eigenvalue weighted by molar-refractivity contribution is -0.139. The highest BCUT2D eigenvalue weighted by Crippen LogP contribution is 2.45. The number of anilines is 2. The van der Waals surface area contributed by atoms with E-state index in [-0.39, 0.29) is 55.1 Å². The van der Waals surface area contributed by atoms with Crippen LogP contribution in [0, 0.1) is 10.8 Å². The molecule has 0 heterocycles. The van der Waals surface area contributed by atoms with Crippen molar-refractivity contribution in [2.45, 2.75) is 73.8 Å². The fourth-order valence-electron chi connectivity index (χ4n) is 5.20. The average molecular weight is 677 g/mol. The molecule has 4 N–H and O–H groups in total. The van der Waals surface area contributed by atoms with Gasteiger partial charge in [0, 0.05) is 50.0 Å². The second-order valence-corrected chi connectivity index (χ2v) is 11.7. The van der Waals surface area contributed by atoms with Crippen LogP contribution in [0.15, 0.2) is 49.6 Å². The highest BCUT2D eigenvalue weighted by Gasteiger charge is 2.41. The predicted molar refractivity (Wildman–Crippen MR) is 182 cm³/mol. The molecular weight excluding hydrogens is 624 g/mol. The first-order valence-corrected chi connectivity index (χ1v) is 15.6. The standard InChI is InChI=1S/C18H30N2O5.C14H16N2O5.C2H6/c1-6-15(22)24-7-8-25-16(23)19-12-18(5)10-14(20-13(2)21)9-17(3,4)11-18;1-3-13(18)20-7-8-21-14(19)16-12-6-4-5-11(9-12)15-10(2)17;1-2/h6,14H,1,7-12H2,2-5H3,(H,19,23)(H,20,21);3-6,9H,1,7-8H2,2H3,(H,15,17)(H,16,19);1-2H3. The molecule has 2 unspecified atom stereocenters. The van der Waals surface area contributed by atoms with Crippen LogP contribution < -0.4 is 21.3 Å². The summed E-state index contributed by atoms with van der Waals surface area (Å²) < 4.78 is 19.2. The van der Waals surface area contributed by atoms with Gasteiger partial charge >= 0.3 is 24.1 Å². The largest absolute Gasteiger partial charge is 0.459 e. The summed E-state index contributed by atoms with van der Waals surface area (Å²) in [6.07, 6.45) is 3.49. The van der Waals surface area contributed by atoms with E-state index in [1.165, 1.54) is 13.8 Å². The van der Waals surface area contributed by atoms with Crippen molar-refractivity contribution in [3.05, 3.63) is 49.6 Å². The average Bonchev–Trinajstić information content (AvgIpc) is 3.00. The van der Waals surface area contributed by atoms with Gasteiger partial charge in [-0.25, -0.2) is 19.2 Å². The smallest absolute Gasteiger partial charge is 0.411 e. The van der Waals surface area contributed by atoms with E-state index in [9.17, 15) is 28.8 Å². The Morgan fingerprint density at radius 3 is 1.77 bits per heavy atom. The van der Waals surface area contributed by atoms with Gasteiger partial charge in [0.25, 0.3) is 0 Å². The van der Waals surface area contributed by atoms with E-state index in [2.05, 4.69) is 59.9 Å². The third kappa shape index (κ3) is 20.3. The summed E-state index contributed by atoms with van der Waals surface area (Å²) in [7, 11) is 0. The maximum Gasteiger partial charge on any atom is 0.411 e. The van der Waals surface area contributed by atoms with E-state index in [1.807, 2.05) is 13.8 Å². The summed E-state index contributed by atoms with van der Waals surface area (Å²) in [4.78, 5) is 67.2. The van der Waals surface area contributed by atoms with Crippen molar-refractivity contribution in [3.63, 3.8) is 0 Å². The molecule has 0 spiro atoms. The lowest BCUT2D eigenvalue weighted by Gasteiger charge is -2.46. The van der Waals surface area contributed by atoms with Gasteiger partial charge in [-0.2, -0.15) is 0 Å². The molecule has 1 saturated carbocycles. The Morgan fingerprint density at radius 1 is 0.771 bits per heavy atom. The zero-order valence-electron chi connectivity index (χ0n) is 29.2. The molecule has 1 aliphatic carbocycles. The topological polar surface area (TPSA) is 187 Å². The molecule has 14 nitrogen and oxygen atoms in total. The predicted octanol–water partition coefficient (Wildman–Crippen LogP) is 5.11. The molecule has 14 heteroatoms. The number of carbonyl (C=O) groups excluding carboxylic acids is 6. The minimum Gasteiger partial charge on any atom is -0.459 e. The Bertz CT molecular complexity index is 1250. The minimum absolute atomic E-state index is 0.00677. The number of hydrogen-bond donors (Lipinski definition) is 4. The number of benzene rings is 1. The zero-order valence-corrected chi connectivity index (χ0v) is 29.2. The second kappa shape index (κ2) is 22.6. The fourth-order valence-corrected chi connectivity index (χ4v) is 5.20. The molecule has 1 aromatic rings. The van der Waals surface area contributed by atoms with E-state index < -0.39 is 24.1 Å². The van der Waals surface area contributed by atoms with E-state index in [0.717, 1.165) is 31.4 Å². The first-order chi connectivity index (χ1) is 22.6. The number of esters is 2. The first kappa shape index (κ1) is 43.1. The summed E-state index contributed by atoms with van der Waals surface area (Å²) in [5.74, 6) is -1.38. The van der Waals surface area contributed by atoms with E-state index in [1.54, 1.807) is 24.3 Å². The van der Waals surface area contributed by atoms with Crippen LogP contribution in [0.1, 0.15) is 67.7 Å². The molecule has 48 heavy (non-hydrogen) atoms. The Labute approximate surface area is 283 Å². The summed E-state index contributed by atoms with van der Waals surface area (Å²) in [5.41, 5.74) is 0.961. The molecule has 0 saturated heterocycles. The van der Waals surface area contributed by atoms with Crippen molar-refractivity contribution in [3.8, 4) is 0 Å². The van der Waals surface area contributed by atoms with Gasteiger partial charge in [0.15, 0.2) is 0 Å². The van der Waals surface area contributed by atoms with Crippen molar-refractivity contribution >= 4 is 47.3 Å². The molecule has 1 aromatic carbocycles. The Hall–Kier alpha value is -4.88. The maximum absolute atomic E-state index is 11.8. The quantitative estimate of drug-likeness (QED) is 0.0946. The van der Waals surface area contributed by atoms with Gasteiger partial charge in [0.05, 0.1) is 0 Å². The second-order valence-electron chi connectivity index (χ2n) is 11.7.